The number of fused-ring (bicyclic) bond motifs is 2. The van der Waals surface area contributed by atoms with E-state index in [1.54, 1.807) is 0 Å². The van der Waals surface area contributed by atoms with E-state index in [4.69, 9.17) is 0 Å². The van der Waals surface area contributed by atoms with Crippen LogP contribution in [0.3, 0.4) is 0 Å². The number of hydrogen-bond acceptors (Lipinski definition) is 1. The van der Waals surface area contributed by atoms with Gasteiger partial charge in [-0.05, 0) is 33.4 Å². The lowest BCUT2D eigenvalue weighted by Gasteiger charge is -2.20. The maximum atomic E-state index is 3.81. The summed E-state index contributed by atoms with van der Waals surface area (Å²) in [7, 11) is 0. The number of nitrogens with one attached hydrogen (secondary N) is 1. The van der Waals surface area contributed by atoms with E-state index in [0.717, 1.165) is 5.69 Å². The van der Waals surface area contributed by atoms with Gasteiger partial charge in [-0.1, -0.05) is 121 Å². The van der Waals surface area contributed by atoms with Gasteiger partial charge >= 0.3 is 0 Å². The van der Waals surface area contributed by atoms with Crippen LogP contribution < -0.4 is 5.32 Å². The molecule has 1 N–H and O–H groups in total. The first-order valence-electron chi connectivity index (χ1n) is 10.3. The van der Waals surface area contributed by atoms with E-state index in [1.165, 1.54) is 32.7 Å². The third-order valence-corrected chi connectivity index (χ3v) is 5.54. The SMILES string of the molecule is C(=CC(Nc1cccc2ccccc12)c1cccc2ccccc12)c1ccccc1. The van der Waals surface area contributed by atoms with Gasteiger partial charge in [0.1, 0.15) is 0 Å². The monoisotopic (exact) mass is 385 g/mol. The van der Waals surface area contributed by atoms with Crippen LogP contribution in [0.25, 0.3) is 27.6 Å². The topological polar surface area (TPSA) is 12.0 Å². The highest BCUT2D eigenvalue weighted by molar-refractivity contribution is 5.94. The van der Waals surface area contributed by atoms with Crippen LogP contribution >= 0.6 is 0 Å². The number of hydrogen-bond donors (Lipinski definition) is 1. The molecule has 0 radical (unpaired) electrons. The molecule has 1 heteroatoms. The molecule has 0 aliphatic rings. The Bertz CT molecular complexity index is 1310. The van der Waals surface area contributed by atoms with Crippen LogP contribution in [-0.4, -0.2) is 0 Å². The van der Waals surface area contributed by atoms with Crippen molar-refractivity contribution in [1.82, 2.24) is 0 Å². The zero-order chi connectivity index (χ0) is 20.2. The van der Waals surface area contributed by atoms with Crippen molar-refractivity contribution in [2.75, 3.05) is 5.32 Å². The standard InChI is InChI=1S/C29H23N/c1-2-10-22(11-3-1)20-21-29(27-18-8-14-23-12-4-6-16-25(23)27)30-28-19-9-15-24-13-5-7-17-26(24)28/h1-21,29-30H. The van der Waals surface area contributed by atoms with E-state index < -0.39 is 0 Å². The van der Waals surface area contributed by atoms with Crippen LogP contribution in [0.4, 0.5) is 5.69 Å². The van der Waals surface area contributed by atoms with Gasteiger partial charge in [-0.2, -0.15) is 0 Å². The predicted octanol–water partition coefficient (Wildman–Crippen LogP) is 7.86. The minimum absolute atomic E-state index is 0.0436. The second-order valence-corrected chi connectivity index (χ2v) is 7.49. The molecule has 30 heavy (non-hydrogen) atoms. The molecule has 0 spiro atoms. The zero-order valence-electron chi connectivity index (χ0n) is 16.7. The fourth-order valence-corrected chi connectivity index (χ4v) is 4.04. The van der Waals surface area contributed by atoms with Gasteiger partial charge in [0.15, 0.2) is 0 Å². The van der Waals surface area contributed by atoms with E-state index in [9.17, 15) is 0 Å². The zero-order valence-corrected chi connectivity index (χ0v) is 16.7. The summed E-state index contributed by atoms with van der Waals surface area (Å²) in [4.78, 5) is 0. The summed E-state index contributed by atoms with van der Waals surface area (Å²) in [5, 5.41) is 8.82. The molecule has 0 bridgehead atoms. The second kappa shape index (κ2) is 8.26. The predicted molar refractivity (Wildman–Crippen MR) is 130 cm³/mol. The van der Waals surface area contributed by atoms with Gasteiger partial charge in [-0.15, -0.1) is 0 Å². The normalized spacial score (nSPS) is 12.4. The molecule has 0 saturated heterocycles. The number of benzene rings is 5. The largest absolute Gasteiger partial charge is 0.374 e. The summed E-state index contributed by atoms with van der Waals surface area (Å²) >= 11 is 0. The van der Waals surface area contributed by atoms with Gasteiger partial charge < -0.3 is 5.32 Å². The molecule has 1 unspecified atom stereocenters. The molecule has 0 amide bonds. The van der Waals surface area contributed by atoms with Crippen LogP contribution in [0, 0.1) is 0 Å². The number of rotatable bonds is 5. The first-order chi connectivity index (χ1) is 14.9. The average molecular weight is 386 g/mol. The lowest BCUT2D eigenvalue weighted by molar-refractivity contribution is 1.01. The summed E-state index contributed by atoms with van der Waals surface area (Å²) in [6.07, 6.45) is 4.46. The van der Waals surface area contributed by atoms with Crippen LogP contribution in [0.2, 0.25) is 0 Å². The van der Waals surface area contributed by atoms with Gasteiger partial charge in [0.25, 0.3) is 0 Å². The number of anilines is 1. The van der Waals surface area contributed by atoms with Gasteiger partial charge in [-0.3, -0.25) is 0 Å². The molecular formula is C29H23N. The Morgan fingerprint density at radius 3 is 1.93 bits per heavy atom. The Labute approximate surface area is 177 Å². The molecule has 5 aromatic carbocycles. The van der Waals surface area contributed by atoms with Gasteiger partial charge in [-0.25, -0.2) is 0 Å². The molecule has 5 rings (SSSR count). The van der Waals surface area contributed by atoms with Crippen LogP contribution in [0.5, 0.6) is 0 Å². The third kappa shape index (κ3) is 3.70. The van der Waals surface area contributed by atoms with Crippen molar-refractivity contribution in [2.45, 2.75) is 6.04 Å². The van der Waals surface area contributed by atoms with Gasteiger partial charge in [0.2, 0.25) is 0 Å². The lowest BCUT2D eigenvalue weighted by atomic mass is 9.97. The van der Waals surface area contributed by atoms with E-state index >= 15 is 0 Å². The van der Waals surface area contributed by atoms with Crippen LogP contribution in [-0.2, 0) is 0 Å². The summed E-state index contributed by atoms with van der Waals surface area (Å²) in [5.74, 6) is 0. The van der Waals surface area contributed by atoms with E-state index in [-0.39, 0.29) is 6.04 Å². The van der Waals surface area contributed by atoms with Crippen LogP contribution in [0.1, 0.15) is 17.2 Å². The minimum atomic E-state index is 0.0436. The van der Waals surface area contributed by atoms with Gasteiger partial charge in [0.05, 0.1) is 6.04 Å². The first kappa shape index (κ1) is 18.2. The Morgan fingerprint density at radius 2 is 1.13 bits per heavy atom. The Morgan fingerprint density at radius 1 is 0.533 bits per heavy atom. The van der Waals surface area contributed by atoms with E-state index in [2.05, 4.69) is 127 Å². The van der Waals surface area contributed by atoms with Crippen molar-refractivity contribution in [2.24, 2.45) is 0 Å². The van der Waals surface area contributed by atoms with Crippen molar-refractivity contribution in [1.29, 1.82) is 0 Å². The molecule has 0 aliphatic carbocycles. The summed E-state index contributed by atoms with van der Waals surface area (Å²) < 4.78 is 0. The highest BCUT2D eigenvalue weighted by Gasteiger charge is 2.13. The average Bonchev–Trinajstić information content (AvgIpc) is 2.82. The molecule has 144 valence electrons. The molecule has 0 saturated carbocycles. The fourth-order valence-electron chi connectivity index (χ4n) is 4.04. The second-order valence-electron chi connectivity index (χ2n) is 7.49. The maximum absolute atomic E-state index is 3.81. The van der Waals surface area contributed by atoms with Crippen LogP contribution in [0.15, 0.2) is 121 Å². The van der Waals surface area contributed by atoms with E-state index in [0.29, 0.717) is 0 Å². The Hall–Kier alpha value is -3.84. The van der Waals surface area contributed by atoms with E-state index in [1.807, 2.05) is 6.07 Å². The summed E-state index contributed by atoms with van der Waals surface area (Å²) in [6.45, 7) is 0. The van der Waals surface area contributed by atoms with Crippen molar-refractivity contribution < 1.29 is 0 Å². The molecule has 0 fully saturated rings. The highest BCUT2D eigenvalue weighted by atomic mass is 14.9. The maximum Gasteiger partial charge on any atom is 0.0707 e. The fraction of sp³-hybridized carbons (Fsp3) is 0.0345. The quantitative estimate of drug-likeness (QED) is 0.325. The van der Waals surface area contributed by atoms with Crippen molar-refractivity contribution in [3.8, 4) is 0 Å². The minimum Gasteiger partial charge on any atom is -0.374 e. The molecular weight excluding hydrogens is 362 g/mol. The Kier molecular flexibility index (Phi) is 5.01. The summed E-state index contributed by atoms with van der Waals surface area (Å²) in [6, 6.07) is 40.6. The van der Waals surface area contributed by atoms with Crippen molar-refractivity contribution >= 4 is 33.3 Å². The van der Waals surface area contributed by atoms with Gasteiger partial charge in [0, 0.05) is 11.1 Å². The molecule has 0 heterocycles. The molecule has 0 aromatic heterocycles. The Balaban J connectivity index is 1.62. The van der Waals surface area contributed by atoms with Crippen molar-refractivity contribution in [3.63, 3.8) is 0 Å². The van der Waals surface area contributed by atoms with Crippen molar-refractivity contribution in [3.05, 3.63) is 132 Å². The lowest BCUT2D eigenvalue weighted by Crippen LogP contribution is -2.09. The highest BCUT2D eigenvalue weighted by Crippen LogP contribution is 2.31. The molecule has 0 aliphatic heterocycles. The first-order valence-corrected chi connectivity index (χ1v) is 10.3. The molecule has 5 aromatic rings. The third-order valence-electron chi connectivity index (χ3n) is 5.54. The molecule has 1 nitrogen and oxygen atoms in total. The summed E-state index contributed by atoms with van der Waals surface area (Å²) in [5.41, 5.74) is 3.61. The molecule has 1 atom stereocenters. The smallest absolute Gasteiger partial charge is 0.0707 e.